The Kier molecular flexibility index (Phi) is 5.42. The van der Waals surface area contributed by atoms with Crippen LogP contribution in [-0.2, 0) is 4.79 Å². The molecule has 1 aliphatic carbocycles. The van der Waals surface area contributed by atoms with E-state index in [9.17, 15) is 14.4 Å². The number of benzene rings is 3. The molecule has 7 nitrogen and oxygen atoms in total. The van der Waals surface area contributed by atoms with Gasteiger partial charge in [-0.25, -0.2) is 0 Å². The number of nitrogens with zero attached hydrogens (tertiary/aromatic N) is 1. The summed E-state index contributed by atoms with van der Waals surface area (Å²) >= 11 is 0. The number of methoxy groups -OCH3 is 3. The van der Waals surface area contributed by atoms with E-state index in [0.717, 1.165) is 11.3 Å². The van der Waals surface area contributed by atoms with Gasteiger partial charge in [-0.2, -0.15) is 0 Å². The highest BCUT2D eigenvalue weighted by Gasteiger charge is 2.71. The number of hydrogen-bond donors (Lipinski definition) is 0. The van der Waals surface area contributed by atoms with Crippen molar-refractivity contribution < 1.29 is 28.6 Å². The molecule has 3 aromatic rings. The molecule has 0 bridgehead atoms. The fraction of sp³-hybridized carbons (Fsp3) is 0.258. The number of para-hydroxylation sites is 1. The van der Waals surface area contributed by atoms with Crippen molar-refractivity contribution in [2.45, 2.75) is 24.9 Å². The van der Waals surface area contributed by atoms with Crippen LogP contribution >= 0.6 is 0 Å². The van der Waals surface area contributed by atoms with Gasteiger partial charge < -0.3 is 19.1 Å². The van der Waals surface area contributed by atoms with Gasteiger partial charge in [0.1, 0.15) is 5.41 Å². The maximum atomic E-state index is 14.5. The summed E-state index contributed by atoms with van der Waals surface area (Å²) in [4.78, 5) is 44.6. The Morgan fingerprint density at radius 2 is 1.45 bits per heavy atom. The first-order valence-electron chi connectivity index (χ1n) is 12.4. The predicted molar refractivity (Wildman–Crippen MR) is 143 cm³/mol. The van der Waals surface area contributed by atoms with E-state index in [0.29, 0.717) is 33.9 Å². The van der Waals surface area contributed by atoms with Gasteiger partial charge in [-0.1, -0.05) is 60.7 Å². The van der Waals surface area contributed by atoms with Crippen molar-refractivity contribution in [2.24, 2.45) is 5.41 Å². The Morgan fingerprint density at radius 1 is 0.816 bits per heavy atom. The molecule has 6 rings (SSSR count). The Bertz CT molecular complexity index is 1500. The lowest BCUT2D eigenvalue weighted by Gasteiger charge is -2.37. The SMILES string of the molecule is COc1ccc([C@H]2[C@H](C(C)=O)N3c4ccccc4C=C[C@@H]3C23C(=O)c2ccccc2C3=O)c(OC)c1OC. The molecule has 192 valence electrons. The van der Waals surface area contributed by atoms with E-state index in [1.54, 1.807) is 36.4 Å². The van der Waals surface area contributed by atoms with Crippen molar-refractivity contribution in [1.82, 2.24) is 0 Å². The van der Waals surface area contributed by atoms with Crippen LogP contribution < -0.4 is 19.1 Å². The van der Waals surface area contributed by atoms with Gasteiger partial charge in [-0.05, 0) is 24.6 Å². The molecule has 1 saturated heterocycles. The molecule has 3 aliphatic rings. The van der Waals surface area contributed by atoms with Crippen LogP contribution in [0.5, 0.6) is 17.2 Å². The molecule has 0 radical (unpaired) electrons. The number of hydrogen-bond acceptors (Lipinski definition) is 7. The van der Waals surface area contributed by atoms with E-state index in [-0.39, 0.29) is 17.3 Å². The third kappa shape index (κ3) is 2.87. The lowest BCUT2D eigenvalue weighted by atomic mass is 9.64. The molecular formula is C31H27NO6. The zero-order chi connectivity index (χ0) is 26.8. The number of fused-ring (bicyclic) bond motifs is 5. The van der Waals surface area contributed by atoms with Crippen molar-refractivity contribution >= 4 is 29.1 Å². The smallest absolute Gasteiger partial charge is 0.203 e. The average molecular weight is 510 g/mol. The monoisotopic (exact) mass is 509 g/mol. The third-order valence-corrected chi connectivity index (χ3v) is 8.20. The Balaban J connectivity index is 1.72. The summed E-state index contributed by atoms with van der Waals surface area (Å²) < 4.78 is 17.0. The van der Waals surface area contributed by atoms with Crippen molar-refractivity contribution in [3.8, 4) is 17.2 Å². The van der Waals surface area contributed by atoms with Crippen molar-refractivity contribution in [3.63, 3.8) is 0 Å². The lowest BCUT2D eigenvalue weighted by molar-refractivity contribution is -0.118. The lowest BCUT2D eigenvalue weighted by Crippen LogP contribution is -2.48. The second-order valence-corrected chi connectivity index (χ2v) is 9.80. The molecule has 1 spiro atoms. The minimum absolute atomic E-state index is 0.157. The van der Waals surface area contributed by atoms with Crippen LogP contribution in [0, 0.1) is 5.41 Å². The van der Waals surface area contributed by atoms with Crippen LogP contribution in [-0.4, -0.2) is 50.8 Å². The summed E-state index contributed by atoms with van der Waals surface area (Å²) in [6.07, 6.45) is 3.83. The number of Topliss-reactive ketones (excluding diaryl/α,β-unsaturated/α-hetero) is 3. The minimum atomic E-state index is -1.59. The van der Waals surface area contributed by atoms with E-state index in [2.05, 4.69) is 0 Å². The van der Waals surface area contributed by atoms with E-state index in [1.807, 2.05) is 41.3 Å². The summed E-state index contributed by atoms with van der Waals surface area (Å²) in [5.74, 6) is -0.490. The molecule has 1 fully saturated rings. The molecule has 2 heterocycles. The zero-order valence-corrected chi connectivity index (χ0v) is 21.6. The molecule has 0 aromatic heterocycles. The van der Waals surface area contributed by atoms with E-state index in [4.69, 9.17) is 14.2 Å². The van der Waals surface area contributed by atoms with Gasteiger partial charge in [0.2, 0.25) is 5.75 Å². The van der Waals surface area contributed by atoms with Crippen LogP contribution in [0.25, 0.3) is 6.08 Å². The average Bonchev–Trinajstić information content (AvgIpc) is 3.38. The fourth-order valence-corrected chi connectivity index (χ4v) is 6.78. The van der Waals surface area contributed by atoms with E-state index < -0.39 is 23.4 Å². The van der Waals surface area contributed by atoms with E-state index in [1.165, 1.54) is 28.3 Å². The molecule has 3 aromatic carbocycles. The van der Waals surface area contributed by atoms with Gasteiger partial charge in [0.25, 0.3) is 0 Å². The predicted octanol–water partition coefficient (Wildman–Crippen LogP) is 4.73. The molecule has 0 unspecified atom stereocenters. The van der Waals surface area contributed by atoms with Gasteiger partial charge in [-0.15, -0.1) is 0 Å². The van der Waals surface area contributed by atoms with Crippen molar-refractivity contribution in [2.75, 3.05) is 26.2 Å². The number of carbonyl (C=O) groups excluding carboxylic acids is 3. The molecule has 38 heavy (non-hydrogen) atoms. The number of rotatable bonds is 5. The number of carbonyl (C=O) groups is 3. The molecule has 2 aliphatic heterocycles. The minimum Gasteiger partial charge on any atom is -0.493 e. The first-order chi connectivity index (χ1) is 18.4. The van der Waals surface area contributed by atoms with Gasteiger partial charge in [0, 0.05) is 28.3 Å². The van der Waals surface area contributed by atoms with E-state index >= 15 is 0 Å². The maximum absolute atomic E-state index is 14.5. The molecule has 3 atom stereocenters. The Morgan fingerprint density at radius 3 is 2.05 bits per heavy atom. The Hall–Kier alpha value is -4.39. The van der Waals surface area contributed by atoms with Gasteiger partial charge in [-0.3, -0.25) is 14.4 Å². The summed E-state index contributed by atoms with van der Waals surface area (Å²) in [7, 11) is 4.52. The summed E-state index contributed by atoms with van der Waals surface area (Å²) in [5.41, 5.74) is 1.42. The molecule has 0 N–H and O–H groups in total. The third-order valence-electron chi connectivity index (χ3n) is 8.20. The molecule has 0 amide bonds. The highest BCUT2D eigenvalue weighted by atomic mass is 16.5. The zero-order valence-electron chi connectivity index (χ0n) is 21.6. The maximum Gasteiger partial charge on any atom is 0.203 e. The van der Waals surface area contributed by atoms with Crippen LogP contribution in [0.2, 0.25) is 0 Å². The van der Waals surface area contributed by atoms with Crippen LogP contribution in [0.15, 0.2) is 66.7 Å². The second kappa shape index (κ2) is 8.58. The number of anilines is 1. The standard InChI is InChI=1S/C31H27NO6/c1-17(33)26-25(21-14-15-23(36-2)28(38-4)27(21)37-3)31(29(34)19-10-6-7-11-20(19)30(31)35)24-16-13-18-9-5-8-12-22(18)32(24)26/h5-16,24-26H,1-4H3/t24-,25+,26+/m1/s1. The Labute approximate surface area is 220 Å². The normalized spacial score (nSPS) is 22.2. The highest BCUT2D eigenvalue weighted by Crippen LogP contribution is 2.62. The van der Waals surface area contributed by atoms with Gasteiger partial charge >= 0.3 is 0 Å². The molecular weight excluding hydrogens is 482 g/mol. The summed E-state index contributed by atoms with van der Waals surface area (Å²) in [6.45, 7) is 1.51. The largest absolute Gasteiger partial charge is 0.493 e. The van der Waals surface area contributed by atoms with Crippen LogP contribution in [0.1, 0.15) is 44.7 Å². The summed E-state index contributed by atoms with van der Waals surface area (Å²) in [5, 5.41) is 0. The highest BCUT2D eigenvalue weighted by molar-refractivity contribution is 6.32. The van der Waals surface area contributed by atoms with Crippen molar-refractivity contribution in [1.29, 1.82) is 0 Å². The van der Waals surface area contributed by atoms with Crippen molar-refractivity contribution in [3.05, 3.63) is 89.0 Å². The van der Waals surface area contributed by atoms with Gasteiger partial charge in [0.15, 0.2) is 28.8 Å². The fourth-order valence-electron chi connectivity index (χ4n) is 6.78. The van der Waals surface area contributed by atoms with Crippen LogP contribution in [0.4, 0.5) is 5.69 Å². The molecule has 7 heteroatoms. The number of ketones is 3. The quantitative estimate of drug-likeness (QED) is 0.460. The van der Waals surface area contributed by atoms with Gasteiger partial charge in [0.05, 0.1) is 33.4 Å². The first kappa shape index (κ1) is 24.0. The van der Waals surface area contributed by atoms with Crippen LogP contribution in [0.3, 0.4) is 0 Å². The summed E-state index contributed by atoms with van der Waals surface area (Å²) in [6, 6.07) is 16.6. The number of ether oxygens (including phenoxy) is 3. The second-order valence-electron chi connectivity index (χ2n) is 9.80. The topological polar surface area (TPSA) is 82.1 Å². The first-order valence-corrected chi connectivity index (χ1v) is 12.4. The molecule has 0 saturated carbocycles.